The highest BCUT2D eigenvalue weighted by molar-refractivity contribution is 6.35. The molecule has 128 valence electrons. The molecule has 0 spiro atoms. The summed E-state index contributed by atoms with van der Waals surface area (Å²) >= 11 is 6.01. The maximum atomic E-state index is 12.7. The summed E-state index contributed by atoms with van der Waals surface area (Å²) < 4.78 is 0. The first-order chi connectivity index (χ1) is 12.1. The largest absolute Gasteiger partial charge is 0.325 e. The number of nitrogens with zero attached hydrogens (tertiary/aromatic N) is 2. The predicted molar refractivity (Wildman–Crippen MR) is 95.9 cm³/mol. The second kappa shape index (κ2) is 6.52. The van der Waals surface area contributed by atoms with E-state index in [1.165, 1.54) is 0 Å². The number of benzene rings is 2. The number of piperazine rings is 1. The average molecular weight is 355 g/mol. The van der Waals surface area contributed by atoms with Crippen LogP contribution in [0.3, 0.4) is 0 Å². The van der Waals surface area contributed by atoms with E-state index in [2.05, 4.69) is 0 Å². The molecular formula is C20H19ClN2O2. The molecule has 0 aromatic heterocycles. The molecule has 4 rings (SSSR count). The van der Waals surface area contributed by atoms with Crippen molar-refractivity contribution in [3.05, 3.63) is 70.7 Å². The maximum Gasteiger partial charge on any atom is 0.312 e. The minimum absolute atomic E-state index is 0.000307. The van der Waals surface area contributed by atoms with Crippen molar-refractivity contribution in [2.75, 3.05) is 6.54 Å². The van der Waals surface area contributed by atoms with E-state index in [4.69, 9.17) is 11.6 Å². The molecule has 2 heterocycles. The predicted octanol–water partition coefficient (Wildman–Crippen LogP) is 3.41. The van der Waals surface area contributed by atoms with Crippen LogP contribution in [0.2, 0.25) is 5.02 Å². The second-order valence-electron chi connectivity index (χ2n) is 6.62. The Labute approximate surface area is 152 Å². The number of halogens is 1. The topological polar surface area (TPSA) is 40.6 Å². The fourth-order valence-electron chi connectivity index (χ4n) is 3.96. The van der Waals surface area contributed by atoms with Gasteiger partial charge in [-0.15, -0.1) is 0 Å². The Hall–Kier alpha value is -2.33. The Kier molecular flexibility index (Phi) is 4.22. The highest BCUT2D eigenvalue weighted by atomic mass is 35.5. The molecule has 2 bridgehead atoms. The zero-order valence-corrected chi connectivity index (χ0v) is 14.5. The van der Waals surface area contributed by atoms with Crippen LogP contribution < -0.4 is 0 Å². The van der Waals surface area contributed by atoms with Crippen LogP contribution >= 0.6 is 11.6 Å². The summed E-state index contributed by atoms with van der Waals surface area (Å²) in [7, 11) is 0. The van der Waals surface area contributed by atoms with Crippen LogP contribution in [0.15, 0.2) is 54.6 Å². The van der Waals surface area contributed by atoms with Gasteiger partial charge in [-0.05, 0) is 36.1 Å². The van der Waals surface area contributed by atoms with Crippen molar-refractivity contribution in [1.82, 2.24) is 9.80 Å². The van der Waals surface area contributed by atoms with Gasteiger partial charge in [0.1, 0.15) is 0 Å². The van der Waals surface area contributed by atoms with Gasteiger partial charge in [-0.2, -0.15) is 0 Å². The van der Waals surface area contributed by atoms with Gasteiger partial charge in [-0.3, -0.25) is 9.59 Å². The molecule has 0 aliphatic carbocycles. The maximum absolute atomic E-state index is 12.7. The fourth-order valence-corrected chi connectivity index (χ4v) is 4.08. The molecule has 5 heteroatoms. The third kappa shape index (κ3) is 2.91. The molecule has 2 aromatic carbocycles. The van der Waals surface area contributed by atoms with Crippen LogP contribution in [-0.4, -0.2) is 34.2 Å². The molecule has 2 fully saturated rings. The molecule has 4 nitrogen and oxygen atoms in total. The molecular weight excluding hydrogens is 336 g/mol. The standard InChI is InChI=1S/C20H19ClN2O2/c21-16-10-8-15(9-11-16)18-17-7-4-12-22(18)19(24)20(25)23(17)13-14-5-2-1-3-6-14/h1-3,5-6,8-11,17-18H,4,7,12-13H2. The number of amides is 2. The highest BCUT2D eigenvalue weighted by Crippen LogP contribution is 2.39. The lowest BCUT2D eigenvalue weighted by atomic mass is 9.86. The highest BCUT2D eigenvalue weighted by Gasteiger charge is 2.48. The van der Waals surface area contributed by atoms with Gasteiger partial charge in [0, 0.05) is 18.1 Å². The summed E-state index contributed by atoms with van der Waals surface area (Å²) in [5, 5.41) is 0.670. The van der Waals surface area contributed by atoms with Crippen molar-refractivity contribution in [1.29, 1.82) is 0 Å². The molecule has 2 atom stereocenters. The normalized spacial score (nSPS) is 23.1. The lowest BCUT2D eigenvalue weighted by molar-refractivity contribution is -0.167. The van der Waals surface area contributed by atoms with Crippen molar-refractivity contribution < 1.29 is 9.59 Å². The molecule has 2 aliphatic rings. The molecule has 2 aromatic rings. The number of hydrogen-bond acceptors (Lipinski definition) is 2. The van der Waals surface area contributed by atoms with Gasteiger partial charge in [0.25, 0.3) is 0 Å². The quantitative estimate of drug-likeness (QED) is 0.792. The fraction of sp³-hybridized carbons (Fsp3) is 0.300. The van der Waals surface area contributed by atoms with Crippen molar-refractivity contribution >= 4 is 23.4 Å². The van der Waals surface area contributed by atoms with E-state index in [0.717, 1.165) is 24.0 Å². The van der Waals surface area contributed by atoms with Gasteiger partial charge in [-0.1, -0.05) is 54.1 Å². The monoisotopic (exact) mass is 354 g/mol. The van der Waals surface area contributed by atoms with E-state index in [9.17, 15) is 9.59 Å². The molecule has 0 saturated carbocycles. The second-order valence-corrected chi connectivity index (χ2v) is 7.06. The van der Waals surface area contributed by atoms with Crippen molar-refractivity contribution in [2.45, 2.75) is 31.5 Å². The van der Waals surface area contributed by atoms with Crippen LogP contribution in [0, 0.1) is 0 Å². The zero-order valence-electron chi connectivity index (χ0n) is 13.8. The Bertz CT molecular complexity index is 791. The third-order valence-electron chi connectivity index (χ3n) is 5.11. The lowest BCUT2D eigenvalue weighted by Gasteiger charge is -2.50. The first-order valence-electron chi connectivity index (χ1n) is 8.56. The molecule has 25 heavy (non-hydrogen) atoms. The van der Waals surface area contributed by atoms with Crippen molar-refractivity contribution in [3.63, 3.8) is 0 Å². The molecule has 2 unspecified atom stereocenters. The van der Waals surface area contributed by atoms with Gasteiger partial charge < -0.3 is 9.80 Å². The summed E-state index contributed by atoms with van der Waals surface area (Å²) in [6.07, 6.45) is 1.81. The molecule has 2 aliphatic heterocycles. The van der Waals surface area contributed by atoms with Gasteiger partial charge in [0.2, 0.25) is 0 Å². The number of hydrogen-bond donors (Lipinski definition) is 0. The Morgan fingerprint density at radius 2 is 1.68 bits per heavy atom. The number of carbonyl (C=O) groups excluding carboxylic acids is 2. The van der Waals surface area contributed by atoms with Crippen LogP contribution in [0.5, 0.6) is 0 Å². The summed E-state index contributed by atoms with van der Waals surface area (Å²) in [6, 6.07) is 17.3. The van der Waals surface area contributed by atoms with Gasteiger partial charge in [0.05, 0.1) is 12.1 Å². The number of carbonyl (C=O) groups is 2. The Morgan fingerprint density at radius 1 is 0.960 bits per heavy atom. The summed E-state index contributed by atoms with van der Waals surface area (Å²) in [4.78, 5) is 28.9. The summed E-state index contributed by atoms with van der Waals surface area (Å²) in [5.41, 5.74) is 2.07. The van der Waals surface area contributed by atoms with E-state index < -0.39 is 11.8 Å². The van der Waals surface area contributed by atoms with E-state index in [0.29, 0.717) is 18.1 Å². The zero-order chi connectivity index (χ0) is 17.4. The number of rotatable bonds is 3. The van der Waals surface area contributed by atoms with Crippen molar-refractivity contribution in [2.24, 2.45) is 0 Å². The van der Waals surface area contributed by atoms with E-state index in [-0.39, 0.29) is 12.1 Å². The third-order valence-corrected chi connectivity index (χ3v) is 5.36. The average Bonchev–Trinajstić information content (AvgIpc) is 2.65. The van der Waals surface area contributed by atoms with Gasteiger partial charge >= 0.3 is 11.8 Å². The smallest absolute Gasteiger partial charge is 0.312 e. The van der Waals surface area contributed by atoms with Crippen LogP contribution in [0.4, 0.5) is 0 Å². The van der Waals surface area contributed by atoms with E-state index >= 15 is 0 Å². The molecule has 2 amide bonds. The summed E-state index contributed by atoms with van der Waals surface area (Å²) in [5.74, 6) is -0.786. The lowest BCUT2D eigenvalue weighted by Crippen LogP contribution is -2.62. The Balaban J connectivity index is 1.71. The minimum Gasteiger partial charge on any atom is -0.325 e. The van der Waals surface area contributed by atoms with Crippen molar-refractivity contribution in [3.8, 4) is 0 Å². The first-order valence-corrected chi connectivity index (χ1v) is 8.94. The van der Waals surface area contributed by atoms with Gasteiger partial charge in [-0.25, -0.2) is 0 Å². The Morgan fingerprint density at radius 3 is 2.40 bits per heavy atom. The van der Waals surface area contributed by atoms with E-state index in [1.54, 1.807) is 9.80 Å². The first kappa shape index (κ1) is 16.2. The number of fused-ring (bicyclic) bond motifs is 2. The van der Waals surface area contributed by atoms with Crippen LogP contribution in [0.1, 0.15) is 30.0 Å². The van der Waals surface area contributed by atoms with Crippen LogP contribution in [-0.2, 0) is 16.1 Å². The molecule has 2 saturated heterocycles. The molecule has 0 radical (unpaired) electrons. The SMILES string of the molecule is O=C1C(=O)N2CCCC(C2c2ccc(Cl)cc2)N1Cc1ccccc1. The summed E-state index contributed by atoms with van der Waals surface area (Å²) in [6.45, 7) is 1.10. The van der Waals surface area contributed by atoms with E-state index in [1.807, 2.05) is 54.6 Å². The number of piperidine rings is 1. The van der Waals surface area contributed by atoms with Gasteiger partial charge in [0.15, 0.2) is 0 Å². The minimum atomic E-state index is -0.396. The molecule has 0 N–H and O–H groups in total. The van der Waals surface area contributed by atoms with Crippen LogP contribution in [0.25, 0.3) is 0 Å².